The van der Waals surface area contributed by atoms with Crippen molar-refractivity contribution in [2.45, 2.75) is 6.92 Å². The molecule has 156 valence electrons. The zero-order valence-corrected chi connectivity index (χ0v) is 17.2. The highest BCUT2D eigenvalue weighted by Gasteiger charge is 2.11. The molecule has 0 saturated heterocycles. The van der Waals surface area contributed by atoms with Crippen LogP contribution in [0, 0.1) is 6.92 Å². The molecule has 0 aliphatic heterocycles. The van der Waals surface area contributed by atoms with Gasteiger partial charge in [0.2, 0.25) is 0 Å². The average Bonchev–Trinajstić information content (AvgIpc) is 3.25. The first-order valence-electron chi connectivity index (χ1n) is 10.0. The van der Waals surface area contributed by atoms with Gasteiger partial charge in [-0.3, -0.25) is 4.98 Å². The number of rotatable bonds is 4. The Morgan fingerprint density at radius 3 is 2.47 bits per heavy atom. The van der Waals surface area contributed by atoms with Crippen LogP contribution in [-0.2, 0) is 0 Å². The van der Waals surface area contributed by atoms with Crippen LogP contribution in [-0.4, -0.2) is 30.8 Å². The number of anilines is 2. The smallest absolute Gasteiger partial charge is 0.308 e. The van der Waals surface area contributed by atoms with Crippen LogP contribution >= 0.6 is 0 Å². The number of hydrogen-bond donors (Lipinski definition) is 2. The summed E-state index contributed by atoms with van der Waals surface area (Å²) in [6.45, 7) is 2.00. The van der Waals surface area contributed by atoms with Crippen LogP contribution in [0.5, 0.6) is 0 Å². The molecule has 0 unspecified atom stereocenters. The van der Waals surface area contributed by atoms with Crippen molar-refractivity contribution in [3.05, 3.63) is 90.8 Å². The Hall–Kier alpha value is -4.59. The standard InChI is InChI=1S/C24H19N7O/c1-16-7-9-19(10-8-16)26-24(32)27-20-6-2-4-17(14-20)21-11-12-22-28-29-23(31(22)30-21)18-5-3-13-25-15-18/h2-15H,1H3,(H2,26,27,32). The van der Waals surface area contributed by atoms with Crippen LogP contribution in [0.2, 0.25) is 0 Å². The maximum absolute atomic E-state index is 12.4. The molecule has 8 nitrogen and oxygen atoms in total. The van der Waals surface area contributed by atoms with Gasteiger partial charge in [-0.15, -0.1) is 10.2 Å². The summed E-state index contributed by atoms with van der Waals surface area (Å²) in [6.07, 6.45) is 3.43. The lowest BCUT2D eigenvalue weighted by Crippen LogP contribution is -2.19. The van der Waals surface area contributed by atoms with Gasteiger partial charge in [0.15, 0.2) is 11.5 Å². The van der Waals surface area contributed by atoms with Crippen molar-refractivity contribution < 1.29 is 4.79 Å². The van der Waals surface area contributed by atoms with Crippen LogP contribution in [0.25, 0.3) is 28.3 Å². The number of urea groups is 1. The van der Waals surface area contributed by atoms with Crippen LogP contribution in [0.4, 0.5) is 16.2 Å². The third kappa shape index (κ3) is 4.01. The SMILES string of the molecule is Cc1ccc(NC(=O)Nc2cccc(-c3ccc4nnc(-c5cccnc5)n4n3)c2)cc1. The van der Waals surface area contributed by atoms with Gasteiger partial charge in [-0.25, -0.2) is 4.79 Å². The Morgan fingerprint density at radius 1 is 0.844 bits per heavy atom. The second kappa shape index (κ2) is 8.27. The molecule has 0 saturated carbocycles. The van der Waals surface area contributed by atoms with E-state index in [9.17, 15) is 4.79 Å². The molecular weight excluding hydrogens is 402 g/mol. The largest absolute Gasteiger partial charge is 0.323 e. The molecule has 0 spiro atoms. The number of carbonyl (C=O) groups is 1. The predicted octanol–water partition coefficient (Wildman–Crippen LogP) is 4.81. The average molecular weight is 421 g/mol. The van der Waals surface area contributed by atoms with Crippen LogP contribution in [0.15, 0.2) is 85.2 Å². The highest BCUT2D eigenvalue weighted by Crippen LogP contribution is 2.23. The lowest BCUT2D eigenvalue weighted by Gasteiger charge is -2.09. The number of hydrogen-bond acceptors (Lipinski definition) is 5. The minimum Gasteiger partial charge on any atom is -0.308 e. The summed E-state index contributed by atoms with van der Waals surface area (Å²) in [7, 11) is 0. The number of pyridine rings is 1. The molecule has 5 rings (SSSR count). The van der Waals surface area contributed by atoms with E-state index in [0.29, 0.717) is 17.2 Å². The van der Waals surface area contributed by atoms with Crippen molar-refractivity contribution in [1.29, 1.82) is 0 Å². The zero-order valence-electron chi connectivity index (χ0n) is 17.2. The molecule has 3 heterocycles. The van der Waals surface area contributed by atoms with E-state index in [1.165, 1.54) is 0 Å². The third-order valence-corrected chi connectivity index (χ3v) is 4.91. The van der Waals surface area contributed by atoms with Gasteiger partial charge in [0.25, 0.3) is 0 Å². The highest BCUT2D eigenvalue weighted by molar-refractivity contribution is 6.00. The summed E-state index contributed by atoms with van der Waals surface area (Å²) in [5.41, 5.74) is 5.56. The summed E-state index contributed by atoms with van der Waals surface area (Å²) in [4.78, 5) is 16.5. The van der Waals surface area contributed by atoms with Gasteiger partial charge in [0.05, 0.1) is 5.69 Å². The Balaban J connectivity index is 1.40. The van der Waals surface area contributed by atoms with Crippen molar-refractivity contribution in [2.24, 2.45) is 0 Å². The number of amides is 2. The number of aromatic nitrogens is 5. The Morgan fingerprint density at radius 2 is 1.66 bits per heavy atom. The van der Waals surface area contributed by atoms with Crippen LogP contribution in [0.3, 0.4) is 0 Å². The molecule has 3 aromatic heterocycles. The van der Waals surface area contributed by atoms with Gasteiger partial charge in [-0.05, 0) is 55.5 Å². The monoisotopic (exact) mass is 421 g/mol. The molecule has 2 aromatic carbocycles. The molecule has 32 heavy (non-hydrogen) atoms. The topological polar surface area (TPSA) is 97.1 Å². The number of nitrogens with one attached hydrogen (secondary N) is 2. The highest BCUT2D eigenvalue weighted by atomic mass is 16.2. The molecule has 2 N–H and O–H groups in total. The summed E-state index contributed by atoms with van der Waals surface area (Å²) in [5, 5.41) is 18.8. The fraction of sp³-hybridized carbons (Fsp3) is 0.0417. The van der Waals surface area contributed by atoms with E-state index >= 15 is 0 Å². The summed E-state index contributed by atoms with van der Waals surface area (Å²) in [6, 6.07) is 22.3. The normalized spacial score (nSPS) is 10.8. The number of carbonyl (C=O) groups excluding carboxylic acids is 1. The lowest BCUT2D eigenvalue weighted by atomic mass is 10.1. The molecule has 0 atom stereocenters. The lowest BCUT2D eigenvalue weighted by molar-refractivity contribution is 0.262. The van der Waals surface area contributed by atoms with Gasteiger partial charge in [0, 0.05) is 34.9 Å². The molecule has 2 amide bonds. The first-order chi connectivity index (χ1) is 15.7. The number of nitrogens with zero attached hydrogens (tertiary/aromatic N) is 5. The molecule has 0 fully saturated rings. The van der Waals surface area contributed by atoms with Crippen molar-refractivity contribution in [3.8, 4) is 22.6 Å². The van der Waals surface area contributed by atoms with Crippen LogP contribution in [0.1, 0.15) is 5.56 Å². The zero-order chi connectivity index (χ0) is 21.9. The van der Waals surface area contributed by atoms with Crippen molar-refractivity contribution in [1.82, 2.24) is 24.8 Å². The van der Waals surface area contributed by atoms with E-state index in [4.69, 9.17) is 5.10 Å². The first kappa shape index (κ1) is 19.4. The Bertz CT molecular complexity index is 1400. The van der Waals surface area contributed by atoms with Gasteiger partial charge in [0.1, 0.15) is 0 Å². The molecule has 0 aliphatic rings. The van der Waals surface area contributed by atoms with E-state index in [1.54, 1.807) is 16.9 Å². The molecule has 5 aromatic rings. The molecule has 0 bridgehead atoms. The molecule has 8 heteroatoms. The fourth-order valence-corrected chi connectivity index (χ4v) is 3.30. The van der Waals surface area contributed by atoms with E-state index in [-0.39, 0.29) is 6.03 Å². The Labute approximate surface area is 184 Å². The molecule has 0 radical (unpaired) electrons. The van der Waals surface area contributed by atoms with Gasteiger partial charge in [-0.1, -0.05) is 29.8 Å². The number of benzene rings is 2. The van der Waals surface area contributed by atoms with Gasteiger partial charge >= 0.3 is 6.03 Å². The summed E-state index contributed by atoms with van der Waals surface area (Å²) < 4.78 is 1.69. The van der Waals surface area contributed by atoms with E-state index in [1.807, 2.05) is 79.7 Å². The first-order valence-corrected chi connectivity index (χ1v) is 10.0. The van der Waals surface area contributed by atoms with Crippen molar-refractivity contribution >= 4 is 23.1 Å². The van der Waals surface area contributed by atoms with E-state index < -0.39 is 0 Å². The molecular formula is C24H19N7O. The summed E-state index contributed by atoms with van der Waals surface area (Å²) >= 11 is 0. The van der Waals surface area contributed by atoms with Crippen LogP contribution < -0.4 is 10.6 Å². The van der Waals surface area contributed by atoms with E-state index in [2.05, 4.69) is 25.8 Å². The molecule has 0 aliphatic carbocycles. The van der Waals surface area contributed by atoms with Gasteiger partial charge < -0.3 is 10.6 Å². The van der Waals surface area contributed by atoms with Crippen molar-refractivity contribution in [2.75, 3.05) is 10.6 Å². The Kier molecular flexibility index (Phi) is 5.01. The second-order valence-electron chi connectivity index (χ2n) is 7.28. The number of aryl methyl sites for hydroxylation is 1. The number of fused-ring (bicyclic) bond motifs is 1. The minimum atomic E-state index is -0.313. The minimum absolute atomic E-state index is 0.313. The summed E-state index contributed by atoms with van der Waals surface area (Å²) in [5.74, 6) is 0.613. The second-order valence-corrected chi connectivity index (χ2v) is 7.28. The predicted molar refractivity (Wildman–Crippen MR) is 123 cm³/mol. The third-order valence-electron chi connectivity index (χ3n) is 4.91. The maximum atomic E-state index is 12.4. The fourth-order valence-electron chi connectivity index (χ4n) is 3.30. The van der Waals surface area contributed by atoms with E-state index in [0.717, 1.165) is 28.1 Å². The van der Waals surface area contributed by atoms with Crippen molar-refractivity contribution in [3.63, 3.8) is 0 Å². The quantitative estimate of drug-likeness (QED) is 0.434. The maximum Gasteiger partial charge on any atom is 0.323 e. The van der Waals surface area contributed by atoms with Gasteiger partial charge in [-0.2, -0.15) is 9.61 Å².